The molecule has 148 valence electrons. The number of carbonyl (C=O) groups is 3. The van der Waals surface area contributed by atoms with Gasteiger partial charge in [-0.2, -0.15) is 0 Å². The summed E-state index contributed by atoms with van der Waals surface area (Å²) in [7, 11) is 0. The van der Waals surface area contributed by atoms with Gasteiger partial charge in [0, 0.05) is 23.5 Å². The van der Waals surface area contributed by atoms with Crippen LogP contribution in [0.3, 0.4) is 0 Å². The van der Waals surface area contributed by atoms with Crippen LogP contribution in [0.15, 0.2) is 30.5 Å². The highest BCUT2D eigenvalue weighted by atomic mass is 16.5. The lowest BCUT2D eigenvalue weighted by atomic mass is 10.0. The first-order valence-electron chi connectivity index (χ1n) is 9.05. The number of nitrogens with two attached hydrogens (primary N) is 1. The second-order valence-corrected chi connectivity index (χ2v) is 6.30. The number of H-pyrrole nitrogens is 1. The van der Waals surface area contributed by atoms with Crippen molar-refractivity contribution >= 4 is 41.5 Å². The van der Waals surface area contributed by atoms with Gasteiger partial charge in [0.25, 0.3) is 6.72 Å². The van der Waals surface area contributed by atoms with E-state index in [0.717, 1.165) is 22.7 Å². The molecule has 2 rings (SSSR count). The van der Waals surface area contributed by atoms with Gasteiger partial charge >= 0.3 is 12.2 Å². The molecule has 0 unspecified atom stereocenters. The number of esters is 1. The van der Waals surface area contributed by atoms with Crippen molar-refractivity contribution in [1.82, 2.24) is 15.0 Å². The molecular weight excluding hydrogens is 360 g/mol. The lowest BCUT2D eigenvalue weighted by Crippen LogP contribution is -2.49. The molecule has 0 bridgehead atoms. The average Bonchev–Trinajstić information content (AvgIpc) is 3.08. The topological polar surface area (TPSA) is 128 Å². The van der Waals surface area contributed by atoms with Crippen molar-refractivity contribution in [1.29, 1.82) is 0 Å². The summed E-state index contributed by atoms with van der Waals surface area (Å²) in [5.41, 5.74) is 7.92. The summed E-state index contributed by atoms with van der Waals surface area (Å²) in [5, 5.41) is 3.59. The van der Waals surface area contributed by atoms with Crippen LogP contribution in [0.2, 0.25) is 0 Å². The number of hydrogen-bond donors (Lipinski definition) is 3. The fraction of sp³-hybridized carbons (Fsp3) is 0.350. The van der Waals surface area contributed by atoms with Gasteiger partial charge in [-0.1, -0.05) is 18.2 Å². The molecule has 8 heteroatoms. The Bertz CT molecular complexity index is 898. The Morgan fingerprint density at radius 3 is 2.82 bits per heavy atom. The Morgan fingerprint density at radius 1 is 1.36 bits per heavy atom. The summed E-state index contributed by atoms with van der Waals surface area (Å²) in [6.07, 6.45) is 3.32. The molecule has 0 saturated carbocycles. The first-order valence-corrected chi connectivity index (χ1v) is 9.05. The summed E-state index contributed by atoms with van der Waals surface area (Å²) in [6, 6.07) is 5.90. The van der Waals surface area contributed by atoms with Gasteiger partial charge in [-0.25, -0.2) is 4.79 Å². The number of carbonyl (C=O) groups excluding carboxylic acids is 3. The van der Waals surface area contributed by atoms with E-state index in [1.54, 1.807) is 6.92 Å². The van der Waals surface area contributed by atoms with E-state index in [9.17, 15) is 14.4 Å². The molecule has 0 saturated heterocycles. The quantitative estimate of drug-likeness (QED) is 0.307. The molecule has 2 atom stereocenters. The van der Waals surface area contributed by atoms with Crippen molar-refractivity contribution in [2.24, 2.45) is 5.73 Å². The summed E-state index contributed by atoms with van der Waals surface area (Å²) < 4.78 is 8.38. The number of ketones is 1. The van der Waals surface area contributed by atoms with E-state index in [4.69, 9.17) is 10.5 Å². The van der Waals surface area contributed by atoms with Crippen molar-refractivity contribution in [3.8, 4) is 0 Å². The summed E-state index contributed by atoms with van der Waals surface area (Å²) in [4.78, 5) is 39.4. The molecule has 0 aliphatic rings. The standard InChI is InChI=1S/C20H24N4O4/c1-3-28-20(27)18(9-8-14(25)12-22-2)24-19(26)16(21)10-13-11-23-17-7-5-4-6-15(13)17/h4-7,11-12,16,18,23H,2-3,8-10,21H2,1H3/p+1/t16-,18-/m0/s1. The number of nitrogens with zero attached hydrogens (tertiary/aromatic N) is 1. The average molecular weight is 385 g/mol. The zero-order valence-corrected chi connectivity index (χ0v) is 15.8. The van der Waals surface area contributed by atoms with Gasteiger partial charge in [0.1, 0.15) is 6.04 Å². The highest BCUT2D eigenvalue weighted by molar-refractivity contribution is 6.27. The zero-order chi connectivity index (χ0) is 20.5. The summed E-state index contributed by atoms with van der Waals surface area (Å²) in [6.45, 7) is 5.05. The Morgan fingerprint density at radius 2 is 2.11 bits per heavy atom. The third kappa shape index (κ3) is 5.64. The van der Waals surface area contributed by atoms with Crippen LogP contribution < -0.4 is 15.7 Å². The van der Waals surface area contributed by atoms with E-state index < -0.39 is 24.0 Å². The van der Waals surface area contributed by atoms with Crippen LogP contribution in [-0.2, 0) is 25.5 Å². The van der Waals surface area contributed by atoms with E-state index in [2.05, 4.69) is 21.7 Å². The van der Waals surface area contributed by atoms with Crippen LogP contribution in [0.25, 0.3) is 10.9 Å². The number of hydrogen-bond acceptors (Lipinski definition) is 5. The second-order valence-electron chi connectivity index (χ2n) is 6.30. The van der Waals surface area contributed by atoms with Gasteiger partial charge in [0.2, 0.25) is 11.7 Å². The number of amides is 1. The molecule has 0 fully saturated rings. The fourth-order valence-electron chi connectivity index (χ4n) is 2.85. The first-order chi connectivity index (χ1) is 13.5. The number of fused-ring (bicyclic) bond motifs is 1. The molecule has 0 aliphatic heterocycles. The maximum Gasteiger partial charge on any atom is 0.334 e. The van der Waals surface area contributed by atoms with E-state index in [-0.39, 0.29) is 25.2 Å². The van der Waals surface area contributed by atoms with E-state index in [0.29, 0.717) is 6.42 Å². The van der Waals surface area contributed by atoms with Crippen LogP contribution in [-0.4, -0.2) is 54.3 Å². The monoisotopic (exact) mass is 385 g/mol. The van der Waals surface area contributed by atoms with E-state index in [1.165, 1.54) is 0 Å². The predicted octanol–water partition coefficient (Wildman–Crippen LogP) is 0.274. The van der Waals surface area contributed by atoms with Crippen molar-refractivity contribution < 1.29 is 19.1 Å². The zero-order valence-electron chi connectivity index (χ0n) is 15.8. The maximum atomic E-state index is 12.5. The Hall–Kier alpha value is -3.22. The van der Waals surface area contributed by atoms with Crippen LogP contribution in [0.1, 0.15) is 25.3 Å². The molecular formula is C20H25N4O4+. The minimum absolute atomic E-state index is 0.0282. The molecule has 0 radical (unpaired) electrons. The second kappa shape index (κ2) is 10.2. The smallest absolute Gasteiger partial charge is 0.334 e. The van der Waals surface area contributed by atoms with Gasteiger partial charge < -0.3 is 20.8 Å². The minimum Gasteiger partial charge on any atom is -0.464 e. The van der Waals surface area contributed by atoms with Gasteiger partial charge in [-0.05, 0) is 31.4 Å². The predicted molar refractivity (Wildman–Crippen MR) is 108 cm³/mol. The van der Waals surface area contributed by atoms with E-state index in [1.807, 2.05) is 30.5 Å². The van der Waals surface area contributed by atoms with Gasteiger partial charge in [-0.3, -0.25) is 9.59 Å². The number of aromatic amines is 1. The van der Waals surface area contributed by atoms with Crippen molar-refractivity contribution in [2.45, 2.75) is 38.3 Å². The number of aromatic nitrogens is 1. The highest BCUT2D eigenvalue weighted by Crippen LogP contribution is 2.18. The highest BCUT2D eigenvalue weighted by Gasteiger charge is 2.26. The molecule has 1 aromatic carbocycles. The normalized spacial score (nSPS) is 12.6. The molecule has 2 aromatic rings. The number of para-hydroxylation sites is 1. The molecule has 0 aliphatic carbocycles. The number of nitrogens with one attached hydrogen (secondary N) is 2. The molecule has 1 aromatic heterocycles. The van der Waals surface area contributed by atoms with Crippen molar-refractivity contribution in [2.75, 3.05) is 6.61 Å². The third-order valence-corrected chi connectivity index (χ3v) is 4.25. The number of rotatable bonds is 10. The van der Waals surface area contributed by atoms with Gasteiger partial charge in [-0.15, -0.1) is 4.67 Å². The molecule has 0 spiro atoms. The maximum absolute atomic E-state index is 12.5. The van der Waals surface area contributed by atoms with E-state index >= 15 is 0 Å². The summed E-state index contributed by atoms with van der Waals surface area (Å²) >= 11 is 0. The van der Waals surface area contributed by atoms with Crippen LogP contribution in [0.5, 0.6) is 0 Å². The lowest BCUT2D eigenvalue weighted by molar-refractivity contribution is -0.147. The molecule has 1 heterocycles. The van der Waals surface area contributed by atoms with Crippen LogP contribution >= 0.6 is 0 Å². The summed E-state index contributed by atoms with van der Waals surface area (Å²) in [5.74, 6) is -1.38. The largest absolute Gasteiger partial charge is 0.464 e. The molecule has 4 N–H and O–H groups in total. The Balaban J connectivity index is 2.02. The van der Waals surface area contributed by atoms with Gasteiger partial charge in [0.15, 0.2) is 0 Å². The lowest BCUT2D eigenvalue weighted by Gasteiger charge is -2.19. The van der Waals surface area contributed by atoms with Crippen molar-refractivity contribution in [3.63, 3.8) is 0 Å². The number of Topliss-reactive ketones (excluding diaryl/α,β-unsaturated/α-hetero) is 1. The SMILES string of the molecule is C=[N+]=CC(=O)CC[C@H](NC(=O)[C@@H](N)Cc1c[nH]c2ccccc12)C(=O)OCC. The molecule has 28 heavy (non-hydrogen) atoms. The Labute approximate surface area is 162 Å². The van der Waals surface area contributed by atoms with Crippen LogP contribution in [0.4, 0.5) is 0 Å². The third-order valence-electron chi connectivity index (χ3n) is 4.25. The Kier molecular flexibility index (Phi) is 7.68. The van der Waals surface area contributed by atoms with Crippen molar-refractivity contribution in [3.05, 3.63) is 36.0 Å². The van der Waals surface area contributed by atoms with Gasteiger partial charge in [0.05, 0.1) is 12.6 Å². The minimum atomic E-state index is -0.955. The van der Waals surface area contributed by atoms with Crippen LogP contribution in [0, 0.1) is 0 Å². The molecule has 1 amide bonds. The number of ether oxygens (including phenoxy) is 1. The number of benzene rings is 1. The first kappa shape index (κ1) is 21.1. The fourth-order valence-corrected chi connectivity index (χ4v) is 2.85. The molecule has 8 nitrogen and oxygen atoms in total.